The summed E-state index contributed by atoms with van der Waals surface area (Å²) in [5.74, 6) is 2.62. The highest BCUT2D eigenvalue weighted by molar-refractivity contribution is 5.66. The summed E-state index contributed by atoms with van der Waals surface area (Å²) in [6.45, 7) is 4.51. The molecule has 3 nitrogen and oxygen atoms in total. The topological polar surface area (TPSA) is 38.7 Å². The lowest BCUT2D eigenvalue weighted by molar-refractivity contribution is 0.665. The number of hydrogen-bond donors (Lipinski definition) is 0. The first-order chi connectivity index (χ1) is 14.2. The van der Waals surface area contributed by atoms with Crippen molar-refractivity contribution in [2.24, 2.45) is 0 Å². The summed E-state index contributed by atoms with van der Waals surface area (Å²) in [6.07, 6.45) is 2.35. The first-order valence-corrected chi connectivity index (χ1v) is 10.2. The Labute approximate surface area is 172 Å². The molecule has 0 radical (unpaired) electrons. The lowest BCUT2D eigenvalue weighted by atomic mass is 9.95. The second kappa shape index (κ2) is 8.78. The van der Waals surface area contributed by atoms with E-state index in [0.717, 1.165) is 16.7 Å². The maximum absolute atomic E-state index is 4.82. The largest absolute Gasteiger partial charge is 0.208 e. The van der Waals surface area contributed by atoms with E-state index in [9.17, 15) is 0 Å². The van der Waals surface area contributed by atoms with Gasteiger partial charge in [0, 0.05) is 16.7 Å². The van der Waals surface area contributed by atoms with Crippen LogP contribution in [-0.2, 0) is 0 Å². The molecular weight excluding hydrogens is 354 g/mol. The third kappa shape index (κ3) is 4.40. The Balaban J connectivity index is 1.84. The predicted octanol–water partition coefficient (Wildman–Crippen LogP) is 6.78. The summed E-state index contributed by atoms with van der Waals surface area (Å²) in [4.78, 5) is 14.4. The molecule has 3 heteroatoms. The standard InChI is InChI=1S/C26H25N3/c1-3-11-19(2)22-16-10-17-23(18-22)26-28-24(20-12-6-4-7-13-20)27-25(29-26)21-14-8-5-9-15-21/h4-10,12-19H,3,11H2,1-2H3. The molecule has 0 spiro atoms. The van der Waals surface area contributed by atoms with Crippen molar-refractivity contribution in [3.05, 3.63) is 90.5 Å². The van der Waals surface area contributed by atoms with E-state index in [0.29, 0.717) is 23.4 Å². The first-order valence-electron chi connectivity index (χ1n) is 10.2. The molecule has 0 aliphatic rings. The number of aromatic nitrogens is 3. The highest BCUT2D eigenvalue weighted by atomic mass is 15.0. The van der Waals surface area contributed by atoms with Crippen LogP contribution in [-0.4, -0.2) is 15.0 Å². The smallest absolute Gasteiger partial charge is 0.164 e. The Morgan fingerprint density at radius 3 is 1.62 bits per heavy atom. The van der Waals surface area contributed by atoms with E-state index in [1.807, 2.05) is 60.7 Å². The van der Waals surface area contributed by atoms with Gasteiger partial charge >= 0.3 is 0 Å². The molecule has 4 aromatic rings. The molecule has 1 atom stereocenters. The average molecular weight is 380 g/mol. The van der Waals surface area contributed by atoms with Gasteiger partial charge in [0.25, 0.3) is 0 Å². The van der Waals surface area contributed by atoms with E-state index in [1.54, 1.807) is 0 Å². The Hall–Kier alpha value is -3.33. The first kappa shape index (κ1) is 19.0. The molecule has 0 saturated carbocycles. The van der Waals surface area contributed by atoms with Gasteiger partial charge in [0.1, 0.15) is 0 Å². The molecule has 1 heterocycles. The van der Waals surface area contributed by atoms with Crippen LogP contribution in [0.4, 0.5) is 0 Å². The van der Waals surface area contributed by atoms with E-state index >= 15 is 0 Å². The van der Waals surface area contributed by atoms with Gasteiger partial charge in [-0.1, -0.05) is 99.1 Å². The molecule has 0 fully saturated rings. The molecule has 0 aliphatic heterocycles. The summed E-state index contributed by atoms with van der Waals surface area (Å²) in [7, 11) is 0. The van der Waals surface area contributed by atoms with Crippen LogP contribution in [0.2, 0.25) is 0 Å². The fourth-order valence-electron chi connectivity index (χ4n) is 3.52. The van der Waals surface area contributed by atoms with Gasteiger partial charge in [-0.15, -0.1) is 0 Å². The average Bonchev–Trinajstić information content (AvgIpc) is 2.80. The summed E-state index contributed by atoms with van der Waals surface area (Å²) in [5.41, 5.74) is 4.34. The van der Waals surface area contributed by atoms with Crippen molar-refractivity contribution in [3.8, 4) is 34.2 Å². The lowest BCUT2D eigenvalue weighted by Crippen LogP contribution is -2.01. The molecule has 0 saturated heterocycles. The van der Waals surface area contributed by atoms with Gasteiger partial charge < -0.3 is 0 Å². The Kier molecular flexibility index (Phi) is 5.76. The lowest BCUT2D eigenvalue weighted by Gasteiger charge is -2.13. The van der Waals surface area contributed by atoms with Crippen molar-refractivity contribution in [2.75, 3.05) is 0 Å². The minimum Gasteiger partial charge on any atom is -0.208 e. The van der Waals surface area contributed by atoms with E-state index in [1.165, 1.54) is 18.4 Å². The number of rotatable bonds is 6. The number of hydrogen-bond acceptors (Lipinski definition) is 3. The second-order valence-electron chi connectivity index (χ2n) is 7.35. The van der Waals surface area contributed by atoms with Crippen LogP contribution >= 0.6 is 0 Å². The van der Waals surface area contributed by atoms with Crippen molar-refractivity contribution >= 4 is 0 Å². The van der Waals surface area contributed by atoms with Gasteiger partial charge in [-0.25, -0.2) is 15.0 Å². The summed E-state index contributed by atoms with van der Waals surface area (Å²) >= 11 is 0. The summed E-state index contributed by atoms with van der Waals surface area (Å²) in [5, 5.41) is 0. The third-order valence-electron chi connectivity index (χ3n) is 5.13. The Morgan fingerprint density at radius 1 is 0.621 bits per heavy atom. The molecule has 0 N–H and O–H groups in total. The zero-order valence-corrected chi connectivity index (χ0v) is 16.9. The number of benzene rings is 3. The predicted molar refractivity (Wildman–Crippen MR) is 119 cm³/mol. The molecule has 1 aromatic heterocycles. The zero-order chi connectivity index (χ0) is 20.1. The van der Waals surface area contributed by atoms with Crippen LogP contribution < -0.4 is 0 Å². The van der Waals surface area contributed by atoms with Crippen molar-refractivity contribution in [1.29, 1.82) is 0 Å². The van der Waals surface area contributed by atoms with Crippen molar-refractivity contribution in [2.45, 2.75) is 32.6 Å². The normalized spacial score (nSPS) is 11.9. The fraction of sp³-hybridized carbons (Fsp3) is 0.192. The summed E-state index contributed by atoms with van der Waals surface area (Å²) in [6, 6.07) is 28.8. The molecule has 0 amide bonds. The van der Waals surface area contributed by atoms with E-state index in [4.69, 9.17) is 15.0 Å². The molecule has 3 aromatic carbocycles. The molecule has 0 bridgehead atoms. The van der Waals surface area contributed by atoms with Gasteiger partial charge in [0.15, 0.2) is 17.5 Å². The Morgan fingerprint density at radius 2 is 1.10 bits per heavy atom. The maximum atomic E-state index is 4.82. The SMILES string of the molecule is CCCC(C)c1cccc(-c2nc(-c3ccccc3)nc(-c3ccccc3)n2)c1. The molecule has 0 aliphatic carbocycles. The molecular formula is C26H25N3. The second-order valence-corrected chi connectivity index (χ2v) is 7.35. The van der Waals surface area contributed by atoms with Crippen molar-refractivity contribution < 1.29 is 0 Å². The monoisotopic (exact) mass is 379 g/mol. The van der Waals surface area contributed by atoms with Crippen molar-refractivity contribution in [1.82, 2.24) is 15.0 Å². The van der Waals surface area contributed by atoms with Crippen LogP contribution in [0.15, 0.2) is 84.9 Å². The van der Waals surface area contributed by atoms with Crippen LogP contribution in [0.5, 0.6) is 0 Å². The minimum absolute atomic E-state index is 0.518. The quantitative estimate of drug-likeness (QED) is 0.371. The van der Waals surface area contributed by atoms with Gasteiger partial charge in [-0.2, -0.15) is 0 Å². The van der Waals surface area contributed by atoms with Crippen LogP contribution in [0, 0.1) is 0 Å². The molecule has 1 unspecified atom stereocenters. The Bertz CT molecular complexity index is 1020. The van der Waals surface area contributed by atoms with Gasteiger partial charge in [0.2, 0.25) is 0 Å². The molecule has 144 valence electrons. The van der Waals surface area contributed by atoms with Crippen LogP contribution in [0.25, 0.3) is 34.2 Å². The van der Waals surface area contributed by atoms with E-state index < -0.39 is 0 Å². The molecule has 4 rings (SSSR count). The van der Waals surface area contributed by atoms with E-state index in [-0.39, 0.29) is 0 Å². The minimum atomic E-state index is 0.518. The number of nitrogens with zero attached hydrogens (tertiary/aromatic N) is 3. The maximum Gasteiger partial charge on any atom is 0.164 e. The highest BCUT2D eigenvalue weighted by Gasteiger charge is 2.13. The van der Waals surface area contributed by atoms with E-state index in [2.05, 4.69) is 38.1 Å². The zero-order valence-electron chi connectivity index (χ0n) is 16.9. The summed E-state index contributed by atoms with van der Waals surface area (Å²) < 4.78 is 0. The highest BCUT2D eigenvalue weighted by Crippen LogP contribution is 2.27. The van der Waals surface area contributed by atoms with Gasteiger partial charge in [0.05, 0.1) is 0 Å². The van der Waals surface area contributed by atoms with Gasteiger partial charge in [-0.3, -0.25) is 0 Å². The van der Waals surface area contributed by atoms with Crippen molar-refractivity contribution in [3.63, 3.8) is 0 Å². The van der Waals surface area contributed by atoms with Gasteiger partial charge in [-0.05, 0) is 24.0 Å². The van der Waals surface area contributed by atoms with Crippen LogP contribution in [0.3, 0.4) is 0 Å². The molecule has 29 heavy (non-hydrogen) atoms. The third-order valence-corrected chi connectivity index (χ3v) is 5.13. The van der Waals surface area contributed by atoms with Crippen LogP contribution in [0.1, 0.15) is 38.2 Å². The fourth-order valence-corrected chi connectivity index (χ4v) is 3.52.